The van der Waals surface area contributed by atoms with Crippen LogP contribution >= 0.6 is 43.5 Å². The van der Waals surface area contributed by atoms with Gasteiger partial charge in [0.2, 0.25) is 0 Å². The summed E-state index contributed by atoms with van der Waals surface area (Å²) >= 11 is 13.0. The van der Waals surface area contributed by atoms with Crippen LogP contribution in [0, 0.1) is 40.7 Å². The van der Waals surface area contributed by atoms with Crippen LogP contribution in [0.1, 0.15) is 75.0 Å². The molecule has 0 aliphatic carbocycles. The molecule has 12 aromatic carbocycles. The topological polar surface area (TPSA) is 262 Å². The number of aliphatic imine (C=N–C) groups is 1. The molecule has 24 rings (SSSR count). The number of H-pyrrole nitrogens is 3. The Morgan fingerprint density at radius 2 is 0.685 bits per heavy atom. The lowest BCUT2D eigenvalue weighted by Gasteiger charge is -2.23. The van der Waals surface area contributed by atoms with Crippen LogP contribution < -0.4 is 0 Å². The Balaban J connectivity index is 0.000000114. The second kappa shape index (κ2) is 42.2. The molecule has 4 atom stereocenters. The van der Waals surface area contributed by atoms with E-state index in [1.54, 1.807) is 154 Å². The number of hydrogen-bond donors (Lipinski definition) is 3. The lowest BCUT2D eigenvalue weighted by molar-refractivity contribution is -0.128. The van der Waals surface area contributed by atoms with Crippen LogP contribution in [-0.4, -0.2) is 161 Å². The van der Waals surface area contributed by atoms with Crippen molar-refractivity contribution in [1.29, 1.82) is 0 Å². The largest absolute Gasteiger partial charge is 0.361 e. The molecule has 5 aliphatic heterocycles. The lowest BCUT2D eigenvalue weighted by Crippen LogP contribution is -2.31. The van der Waals surface area contributed by atoms with Crippen molar-refractivity contribution < 1.29 is 68.9 Å². The quantitative estimate of drug-likeness (QED) is 0.0476. The number of nitrogens with zero attached hydrogens (tertiary/aromatic N) is 14. The number of hydrogen-bond acceptors (Lipinski definition) is 14. The van der Waals surface area contributed by atoms with Gasteiger partial charge in [-0.25, -0.2) is 49.5 Å². The Morgan fingerprint density at radius 3 is 1.09 bits per heavy atom. The number of ether oxygens (including phenoxy) is 4. The van der Waals surface area contributed by atoms with Crippen molar-refractivity contribution in [3.8, 4) is 67.8 Å². The number of aromatic amines is 3. The van der Waals surface area contributed by atoms with Crippen LogP contribution in [0.3, 0.4) is 0 Å². The summed E-state index contributed by atoms with van der Waals surface area (Å²) in [6, 6.07) is 75.5. The van der Waals surface area contributed by atoms with Gasteiger partial charge in [0, 0.05) is 156 Å². The molecule has 4 fully saturated rings. The van der Waals surface area contributed by atoms with E-state index in [4.69, 9.17) is 45.8 Å². The maximum Gasteiger partial charge on any atom is 0.250 e. The number of aromatic nitrogens is 12. The third kappa shape index (κ3) is 21.0. The van der Waals surface area contributed by atoms with Crippen molar-refractivity contribution in [2.24, 2.45) is 4.99 Å². The van der Waals surface area contributed by atoms with Gasteiger partial charge in [-0.15, -0.1) is 0 Å². The summed E-state index contributed by atoms with van der Waals surface area (Å²) in [6.45, 7) is 1.22. The van der Waals surface area contributed by atoms with Gasteiger partial charge in [-0.1, -0.05) is 67.7 Å². The maximum atomic E-state index is 14.7. The molecule has 4 saturated heterocycles. The number of rotatable bonds is 24. The highest BCUT2D eigenvalue weighted by Gasteiger charge is 2.42. The van der Waals surface area contributed by atoms with E-state index in [0.29, 0.717) is 106 Å². The first-order valence-electron chi connectivity index (χ1n) is 46.7. The normalized spacial score (nSPS) is 16.0. The molecule has 146 heavy (non-hydrogen) atoms. The number of carbonyl (C=O) groups excluding carboxylic acids is 4. The zero-order valence-corrected chi connectivity index (χ0v) is 81.3. The van der Waals surface area contributed by atoms with Gasteiger partial charge in [0.25, 0.3) is 23.6 Å². The molecule has 0 radical (unpaired) electrons. The molecule has 0 bridgehead atoms. The summed E-state index contributed by atoms with van der Waals surface area (Å²) in [6.07, 6.45) is 14.3. The summed E-state index contributed by atoms with van der Waals surface area (Å²) in [5.41, 5.74) is 18.6. The number of fused-ring (bicyclic) bond motifs is 4. The van der Waals surface area contributed by atoms with Crippen LogP contribution in [0.2, 0.25) is 5.02 Å². The molecule has 4 unspecified atom stereocenters. The van der Waals surface area contributed by atoms with Gasteiger partial charge in [0.15, 0.2) is 24.9 Å². The summed E-state index contributed by atoms with van der Waals surface area (Å²) in [5.74, 6) is -3.00. The van der Waals surface area contributed by atoms with E-state index >= 15 is 0 Å². The molecule has 0 spiro atoms. The number of halogens is 10. The molecule has 7 aromatic heterocycles. The molecule has 12 heterocycles. The first-order valence-corrected chi connectivity index (χ1v) is 48.7. The molecule has 25 nitrogen and oxygen atoms in total. The van der Waals surface area contributed by atoms with E-state index in [0.717, 1.165) is 103 Å². The van der Waals surface area contributed by atoms with E-state index in [1.807, 2.05) is 110 Å². The van der Waals surface area contributed by atoms with E-state index in [2.05, 4.69) is 80.3 Å². The summed E-state index contributed by atoms with van der Waals surface area (Å²) in [5, 5.41) is 29.7. The van der Waals surface area contributed by atoms with Crippen molar-refractivity contribution in [3.63, 3.8) is 0 Å². The van der Waals surface area contributed by atoms with Crippen molar-refractivity contribution in [2.75, 3.05) is 52.6 Å². The van der Waals surface area contributed by atoms with Crippen LogP contribution in [0.25, 0.3) is 100 Å². The van der Waals surface area contributed by atoms with Crippen molar-refractivity contribution in [3.05, 3.63) is 415 Å². The monoisotopic (exact) mass is 2110 g/mol. The second-order valence-electron chi connectivity index (χ2n) is 35.2. The molecular formula is C111H85Br2ClF7N17O8. The Bertz CT molecular complexity index is 7850. The van der Waals surface area contributed by atoms with Crippen molar-refractivity contribution in [2.45, 2.75) is 57.0 Å². The molecular weight excluding hydrogens is 2030 g/mol. The number of nitrogens with one attached hydrogen (secondary N) is 3. The minimum atomic E-state index is -0.780. The SMILES string of the molecule is O=C1COC(c2cn(-c3ccc(Br)cc3)nc2-c2ccc(F)cc2)N1CCc1ccc2cc[nH]c2c1.O=C1COC(c2cn(-c3ccc(Br)cc3)nc2-c2ccc(F)cc2)N1CCc1ccc2cn[nH]c2c1.O=C1COC(c2cn(-c3ccc(Cl)cc3)nc2-c2ccc(F)cc2)N1CCc1cc2[nH]ccc2cc1F.O=C1COC(c2cn(-c3ccc(F)cc3)nc2-c2ccc(F)cc2)N1CCc1cc2c(cc1F)CC=N2. The average Bonchev–Trinajstić information content (AvgIpc) is 1.63. The summed E-state index contributed by atoms with van der Waals surface area (Å²) < 4.78 is 130. The van der Waals surface area contributed by atoms with Crippen LogP contribution in [0.15, 0.2) is 324 Å². The number of carbonyl (C=O) groups is 4. The molecule has 732 valence electrons. The van der Waals surface area contributed by atoms with Crippen LogP contribution in [-0.2, 0) is 70.2 Å². The highest BCUT2D eigenvalue weighted by Crippen LogP contribution is 2.43. The first kappa shape index (κ1) is 96.3. The van der Waals surface area contributed by atoms with Crippen LogP contribution in [0.5, 0.6) is 0 Å². The zero-order valence-electron chi connectivity index (χ0n) is 77.3. The lowest BCUT2D eigenvalue weighted by atomic mass is 10.0. The fourth-order valence-electron chi connectivity index (χ4n) is 18.4. The fraction of sp³-hybridized carbons (Fsp3) is 0.153. The van der Waals surface area contributed by atoms with Gasteiger partial charge in [-0.05, 0) is 302 Å². The Morgan fingerprint density at radius 1 is 0.349 bits per heavy atom. The Hall–Kier alpha value is -15.8. The Kier molecular flexibility index (Phi) is 27.9. The molecule has 4 amide bonds. The third-order valence-corrected chi connectivity index (χ3v) is 27.2. The maximum absolute atomic E-state index is 14.7. The average molecular weight is 2110 g/mol. The minimum absolute atomic E-state index is 0.00340. The molecule has 0 saturated carbocycles. The van der Waals surface area contributed by atoms with Gasteiger partial charge < -0.3 is 48.5 Å². The Labute approximate surface area is 851 Å². The minimum Gasteiger partial charge on any atom is -0.361 e. The highest BCUT2D eigenvalue weighted by atomic mass is 79.9. The van der Waals surface area contributed by atoms with Crippen LogP contribution in [0.4, 0.5) is 36.4 Å². The molecule has 35 heteroatoms. The van der Waals surface area contributed by atoms with Crippen molar-refractivity contribution in [1.82, 2.24) is 78.9 Å². The highest BCUT2D eigenvalue weighted by molar-refractivity contribution is 9.10. The number of amides is 4. The summed E-state index contributed by atoms with van der Waals surface area (Å²) in [7, 11) is 0. The molecule has 3 N–H and O–H groups in total. The second-order valence-corrected chi connectivity index (χ2v) is 37.5. The number of benzene rings is 12. The van der Waals surface area contributed by atoms with Crippen molar-refractivity contribution >= 4 is 112 Å². The van der Waals surface area contributed by atoms with Gasteiger partial charge in [-0.2, -0.15) is 25.5 Å². The molecule has 19 aromatic rings. The van der Waals surface area contributed by atoms with Gasteiger partial charge in [0.05, 0.1) is 40.2 Å². The van der Waals surface area contributed by atoms with E-state index in [1.165, 1.54) is 72.8 Å². The standard InChI is InChI=1S/C28H22BrFN4O2.C28H21ClF2N4O2.C28H21F3N4O2.C27H21BrFN5O2/c29-21-5-9-23(10-6-21)34-16-24(27(32-34)20-3-7-22(30)8-4-20)28-33(26(35)17-36-28)14-12-18-1-2-19-11-13-31-25(19)15-18;29-20-3-7-22(8-4-20)35-15-23(27(33-35)17-1-5-21(30)6-2-17)28-34(26(36)16-37-28)12-10-18-14-25-19(9-11-32-25)13-24(18)31;29-20-3-1-17(2-4-20)27-23(15-35(33-27)22-7-5-21(30)6-8-22)28-34(26(36)16-37-28)12-10-18-14-25-19(9-11-32-25)13-24(18)31;28-20-5-9-22(10-6-20)34-15-23(26(32-34)18-3-7-21(29)8-4-18)27-33(25(35)16-36-27)12-11-17-1-2-19-14-30-31-24(19)13-17/h1-11,13,15-16,28,31H,12,14,17H2;1-9,11,13-15,28,32H,10,12,16H2;1-8,11,13-15,28H,9-10,12,16H2;1-10,13-15,27H,11-12,16H2,(H,30,31). The van der Waals surface area contributed by atoms with Gasteiger partial charge in [0.1, 0.15) is 89.9 Å². The van der Waals surface area contributed by atoms with E-state index in [-0.39, 0.29) is 104 Å². The smallest absolute Gasteiger partial charge is 0.250 e. The zero-order chi connectivity index (χ0) is 100. The van der Waals surface area contributed by atoms with Gasteiger partial charge >= 0.3 is 0 Å². The van der Waals surface area contributed by atoms with E-state index < -0.39 is 30.7 Å². The predicted molar refractivity (Wildman–Crippen MR) is 544 cm³/mol. The third-order valence-electron chi connectivity index (χ3n) is 25.9. The van der Waals surface area contributed by atoms with E-state index in [9.17, 15) is 49.9 Å². The predicted octanol–water partition coefficient (Wildman–Crippen LogP) is 22.8. The first-order chi connectivity index (χ1) is 71.0. The fourth-order valence-corrected chi connectivity index (χ4v) is 19.0. The molecule has 5 aliphatic rings. The van der Waals surface area contributed by atoms with Gasteiger partial charge in [-0.3, -0.25) is 29.3 Å². The summed E-state index contributed by atoms with van der Waals surface area (Å²) in [4.78, 5) is 68.7.